The van der Waals surface area contributed by atoms with Gasteiger partial charge in [0.15, 0.2) is 0 Å². The normalized spacial score (nSPS) is 11.8. The number of nitro groups is 1. The quantitative estimate of drug-likeness (QED) is 0.583. The third-order valence-electron chi connectivity index (χ3n) is 2.34. The second-order valence-electron chi connectivity index (χ2n) is 3.59. The minimum absolute atomic E-state index is 0.118. The number of carboxylic acids is 1. The molecule has 2 N–H and O–H groups in total. The predicted molar refractivity (Wildman–Crippen MR) is 71.1 cm³/mol. The summed E-state index contributed by atoms with van der Waals surface area (Å²) in [7, 11) is 0. The lowest BCUT2D eigenvalue weighted by Gasteiger charge is -2.15. The molecule has 1 aromatic carbocycles. The highest BCUT2D eigenvalue weighted by molar-refractivity contribution is 7.98. The summed E-state index contributed by atoms with van der Waals surface area (Å²) in [5.41, 5.74) is 0.115. The van der Waals surface area contributed by atoms with Crippen LogP contribution in [0.3, 0.4) is 0 Å². The molecule has 0 heterocycles. The highest BCUT2D eigenvalue weighted by Gasteiger charge is 2.21. The van der Waals surface area contributed by atoms with Gasteiger partial charge in [-0.3, -0.25) is 10.1 Å². The Morgan fingerprint density at radius 2 is 2.22 bits per heavy atom. The molecule has 0 bridgehead atoms. The first-order valence-electron chi connectivity index (χ1n) is 5.28. The maximum atomic E-state index is 11.0. The van der Waals surface area contributed by atoms with Crippen molar-refractivity contribution in [2.45, 2.75) is 12.5 Å². The highest BCUT2D eigenvalue weighted by Crippen LogP contribution is 2.24. The van der Waals surface area contributed by atoms with Crippen molar-refractivity contribution in [3.05, 3.63) is 34.4 Å². The summed E-state index contributed by atoms with van der Waals surface area (Å²) < 4.78 is 0. The number of benzene rings is 1. The molecule has 0 aliphatic heterocycles. The molecule has 1 aromatic rings. The van der Waals surface area contributed by atoms with Crippen LogP contribution in [0.5, 0.6) is 0 Å². The molecule has 0 aliphatic rings. The molecule has 1 rings (SSSR count). The number of para-hydroxylation sites is 2. The summed E-state index contributed by atoms with van der Waals surface area (Å²) in [6.07, 6.45) is 2.28. The lowest BCUT2D eigenvalue weighted by Crippen LogP contribution is -2.30. The minimum atomic E-state index is -1.01. The van der Waals surface area contributed by atoms with Gasteiger partial charge in [0.1, 0.15) is 11.7 Å². The van der Waals surface area contributed by atoms with Crippen molar-refractivity contribution in [3.8, 4) is 0 Å². The van der Waals surface area contributed by atoms with Crippen LogP contribution in [0.1, 0.15) is 6.42 Å². The fraction of sp³-hybridized carbons (Fsp3) is 0.364. The van der Waals surface area contributed by atoms with E-state index in [9.17, 15) is 14.9 Å². The Labute approximate surface area is 109 Å². The van der Waals surface area contributed by atoms with Crippen LogP contribution < -0.4 is 5.32 Å². The summed E-state index contributed by atoms with van der Waals surface area (Å²) >= 11 is 1.53. The average Bonchev–Trinajstić information content (AvgIpc) is 2.34. The summed E-state index contributed by atoms with van der Waals surface area (Å²) in [5, 5.41) is 22.6. The van der Waals surface area contributed by atoms with Crippen molar-refractivity contribution in [2.75, 3.05) is 17.3 Å². The second-order valence-corrected chi connectivity index (χ2v) is 4.58. The molecule has 0 aliphatic carbocycles. The molecule has 0 radical (unpaired) electrons. The van der Waals surface area contributed by atoms with Crippen molar-refractivity contribution in [3.63, 3.8) is 0 Å². The fourth-order valence-electron chi connectivity index (χ4n) is 1.44. The number of aliphatic carboxylic acids is 1. The predicted octanol–water partition coefficient (Wildman–Crippen LogP) is 2.21. The van der Waals surface area contributed by atoms with Crippen molar-refractivity contribution in [1.29, 1.82) is 0 Å². The Morgan fingerprint density at radius 3 is 2.78 bits per heavy atom. The number of carboxylic acid groups (broad SMARTS) is 1. The highest BCUT2D eigenvalue weighted by atomic mass is 32.2. The van der Waals surface area contributed by atoms with Crippen molar-refractivity contribution in [1.82, 2.24) is 0 Å². The lowest BCUT2D eigenvalue weighted by molar-refractivity contribution is -0.384. The summed E-state index contributed by atoms with van der Waals surface area (Å²) in [6, 6.07) is 5.20. The van der Waals surface area contributed by atoms with Gasteiger partial charge in [0.2, 0.25) is 0 Å². The van der Waals surface area contributed by atoms with Crippen molar-refractivity contribution < 1.29 is 14.8 Å². The molecule has 0 saturated carbocycles. The van der Waals surface area contributed by atoms with Crippen molar-refractivity contribution in [2.24, 2.45) is 0 Å². The Balaban J connectivity index is 2.86. The zero-order valence-electron chi connectivity index (χ0n) is 9.83. The molecule has 1 atom stereocenters. The van der Waals surface area contributed by atoms with Crippen LogP contribution in [0, 0.1) is 10.1 Å². The molecule has 1 unspecified atom stereocenters. The molecule has 98 valence electrons. The van der Waals surface area contributed by atoms with Crippen LogP contribution in [0.4, 0.5) is 11.4 Å². The van der Waals surface area contributed by atoms with E-state index >= 15 is 0 Å². The molecule has 0 fully saturated rings. The SMILES string of the molecule is CSCCC(Nc1ccccc1[N+](=O)[O-])C(=O)O. The monoisotopic (exact) mass is 270 g/mol. The number of anilines is 1. The zero-order valence-corrected chi connectivity index (χ0v) is 10.6. The number of hydrogen-bond acceptors (Lipinski definition) is 5. The van der Waals surface area contributed by atoms with Crippen molar-refractivity contribution >= 4 is 29.1 Å². The van der Waals surface area contributed by atoms with Crippen LogP contribution in [-0.4, -0.2) is 34.0 Å². The van der Waals surface area contributed by atoms with E-state index in [2.05, 4.69) is 5.32 Å². The fourth-order valence-corrected chi connectivity index (χ4v) is 1.91. The molecule has 7 heteroatoms. The van der Waals surface area contributed by atoms with E-state index in [0.717, 1.165) is 0 Å². The van der Waals surface area contributed by atoms with Crippen LogP contribution >= 0.6 is 11.8 Å². The summed E-state index contributed by atoms with van der Waals surface area (Å²) in [6.45, 7) is 0. The van der Waals surface area contributed by atoms with Gasteiger partial charge in [-0.25, -0.2) is 4.79 Å². The first-order chi connectivity index (χ1) is 8.56. The molecule has 0 aromatic heterocycles. The molecule has 6 nitrogen and oxygen atoms in total. The molecule has 0 saturated heterocycles. The Kier molecular flexibility index (Phi) is 5.44. The van der Waals surface area contributed by atoms with Gasteiger partial charge < -0.3 is 10.4 Å². The standard InChI is InChI=1S/C11H14N2O4S/c1-18-7-6-9(11(14)15)12-8-4-2-3-5-10(8)13(16)17/h2-5,9,12H,6-7H2,1H3,(H,14,15). The van der Waals surface area contributed by atoms with Gasteiger partial charge in [-0.2, -0.15) is 11.8 Å². The number of nitrogens with one attached hydrogen (secondary N) is 1. The van der Waals surface area contributed by atoms with E-state index in [1.165, 1.54) is 23.9 Å². The third-order valence-corrected chi connectivity index (χ3v) is 2.98. The molecule has 0 amide bonds. The minimum Gasteiger partial charge on any atom is -0.480 e. The van der Waals surface area contributed by atoms with E-state index in [4.69, 9.17) is 5.11 Å². The molecule has 18 heavy (non-hydrogen) atoms. The van der Waals surface area contributed by atoms with Crippen LogP contribution in [-0.2, 0) is 4.79 Å². The molecular weight excluding hydrogens is 256 g/mol. The maximum Gasteiger partial charge on any atom is 0.326 e. The first kappa shape index (κ1) is 14.3. The van der Waals surface area contributed by atoms with Gasteiger partial charge in [-0.15, -0.1) is 0 Å². The van der Waals surface area contributed by atoms with Gasteiger partial charge >= 0.3 is 5.97 Å². The van der Waals surface area contributed by atoms with Crippen LogP contribution in [0.2, 0.25) is 0 Å². The largest absolute Gasteiger partial charge is 0.480 e. The van der Waals surface area contributed by atoms with E-state index in [-0.39, 0.29) is 11.4 Å². The smallest absolute Gasteiger partial charge is 0.326 e. The summed E-state index contributed by atoms with van der Waals surface area (Å²) in [4.78, 5) is 21.3. The number of carbonyl (C=O) groups is 1. The van der Waals surface area contributed by atoms with Gasteiger partial charge in [0.05, 0.1) is 4.92 Å². The van der Waals surface area contributed by atoms with E-state index in [0.29, 0.717) is 12.2 Å². The first-order valence-corrected chi connectivity index (χ1v) is 6.67. The zero-order chi connectivity index (χ0) is 13.5. The number of nitrogens with zero attached hydrogens (tertiary/aromatic N) is 1. The average molecular weight is 270 g/mol. The Morgan fingerprint density at radius 1 is 1.56 bits per heavy atom. The summed E-state index contributed by atoms with van der Waals surface area (Å²) in [5.74, 6) is -0.341. The number of hydrogen-bond donors (Lipinski definition) is 2. The van der Waals surface area contributed by atoms with Gasteiger partial charge in [-0.1, -0.05) is 12.1 Å². The third kappa shape index (κ3) is 3.92. The molecule has 0 spiro atoms. The maximum absolute atomic E-state index is 11.0. The number of rotatable bonds is 7. The number of nitro benzene ring substituents is 1. The van der Waals surface area contributed by atoms with Gasteiger partial charge in [0.25, 0.3) is 5.69 Å². The van der Waals surface area contributed by atoms with Gasteiger partial charge in [-0.05, 0) is 24.5 Å². The topological polar surface area (TPSA) is 92.5 Å². The lowest BCUT2D eigenvalue weighted by atomic mass is 10.2. The van der Waals surface area contributed by atoms with E-state index in [1.54, 1.807) is 12.1 Å². The van der Waals surface area contributed by atoms with E-state index < -0.39 is 16.9 Å². The van der Waals surface area contributed by atoms with Crippen LogP contribution in [0.15, 0.2) is 24.3 Å². The molecular formula is C11H14N2O4S. The second kappa shape index (κ2) is 6.85. The van der Waals surface area contributed by atoms with Crippen LogP contribution in [0.25, 0.3) is 0 Å². The van der Waals surface area contributed by atoms with Gasteiger partial charge in [0, 0.05) is 6.07 Å². The van der Waals surface area contributed by atoms with E-state index in [1.807, 2.05) is 6.26 Å². The number of thioether (sulfide) groups is 1. The Hall–Kier alpha value is -1.76. The Bertz CT molecular complexity index is 439.